The van der Waals surface area contributed by atoms with Crippen molar-refractivity contribution in [3.8, 4) is 11.3 Å². The topological polar surface area (TPSA) is 58.6 Å². The van der Waals surface area contributed by atoms with Gasteiger partial charge >= 0.3 is 6.36 Å². The van der Waals surface area contributed by atoms with Crippen molar-refractivity contribution in [1.29, 1.82) is 0 Å². The first-order chi connectivity index (χ1) is 19.6. The van der Waals surface area contributed by atoms with E-state index in [4.69, 9.17) is 4.74 Å². The minimum Gasteiger partial charge on any atom is -0.363 e. The molecule has 2 aliphatic carbocycles. The van der Waals surface area contributed by atoms with Crippen LogP contribution in [0.15, 0.2) is 85.2 Å². The maximum Gasteiger partial charge on any atom is 0.524 e. The first-order valence-corrected chi connectivity index (χ1v) is 13.7. The Balaban J connectivity index is 1.48. The van der Waals surface area contributed by atoms with Gasteiger partial charge in [0.15, 0.2) is 5.72 Å². The number of hydrogen-bond acceptors (Lipinski definition) is 5. The van der Waals surface area contributed by atoms with E-state index in [9.17, 15) is 18.0 Å². The van der Waals surface area contributed by atoms with Crippen LogP contribution in [0, 0.1) is 5.92 Å². The Morgan fingerprint density at radius 1 is 0.976 bits per heavy atom. The third kappa shape index (κ3) is 6.68. The molecule has 0 spiro atoms. The molecule has 5 rings (SSSR count). The average Bonchev–Trinajstić information content (AvgIpc) is 3.51. The highest BCUT2D eigenvalue weighted by Gasteiger charge is 2.50. The van der Waals surface area contributed by atoms with Gasteiger partial charge < -0.3 is 9.80 Å². The number of amides is 1. The molecule has 1 fully saturated rings. The summed E-state index contributed by atoms with van der Waals surface area (Å²) in [5, 5.41) is 0. The fraction of sp³-hybridized carbons (Fsp3) is 0.344. The van der Waals surface area contributed by atoms with Crippen LogP contribution in [0.4, 0.5) is 19.0 Å². The molecule has 2 aliphatic rings. The van der Waals surface area contributed by atoms with Crippen molar-refractivity contribution in [2.45, 2.75) is 50.7 Å². The van der Waals surface area contributed by atoms with Crippen LogP contribution < -0.4 is 4.90 Å². The van der Waals surface area contributed by atoms with Gasteiger partial charge in [0.25, 0.3) is 0 Å². The summed E-state index contributed by atoms with van der Waals surface area (Å²) in [5.41, 5.74) is 1.48. The zero-order chi connectivity index (χ0) is 29.0. The van der Waals surface area contributed by atoms with Crippen molar-refractivity contribution in [2.24, 2.45) is 5.92 Å². The van der Waals surface area contributed by atoms with Crippen LogP contribution in [0.25, 0.3) is 16.8 Å². The van der Waals surface area contributed by atoms with Gasteiger partial charge in [0.2, 0.25) is 5.91 Å². The minimum atomic E-state index is -4.97. The van der Waals surface area contributed by atoms with Crippen molar-refractivity contribution in [1.82, 2.24) is 14.9 Å². The van der Waals surface area contributed by atoms with Crippen molar-refractivity contribution in [2.75, 3.05) is 19.0 Å². The van der Waals surface area contributed by atoms with E-state index in [0.717, 1.165) is 29.8 Å². The standard InChI is InChI=1S/C32H33F3N4O2/c1-38(2)29-17-15-27(21-37-29)28-16-14-23(20-36-28)22-39(30(40)25-11-6-7-12-25)31(41-32(33,34)35)18-8-13-26(19-31)24-9-4-3-5-10-24/h3-5,8-10,13-18,20-21,25H,6-7,11-12,19,22H2,1-2H3. The monoisotopic (exact) mass is 562 g/mol. The number of benzene rings is 1. The van der Waals surface area contributed by atoms with Crippen molar-refractivity contribution in [3.63, 3.8) is 0 Å². The smallest absolute Gasteiger partial charge is 0.363 e. The Morgan fingerprint density at radius 2 is 1.73 bits per heavy atom. The van der Waals surface area contributed by atoms with Gasteiger partial charge in [-0.15, -0.1) is 13.2 Å². The molecule has 3 aromatic rings. The van der Waals surface area contributed by atoms with Crippen LogP contribution in [-0.4, -0.2) is 47.0 Å². The summed E-state index contributed by atoms with van der Waals surface area (Å²) in [6.07, 6.45) is 5.96. The van der Waals surface area contributed by atoms with Crippen LogP contribution in [0.3, 0.4) is 0 Å². The summed E-state index contributed by atoms with van der Waals surface area (Å²) in [5.74, 6) is 0.126. The molecule has 1 atom stereocenters. The second kappa shape index (κ2) is 11.9. The maximum absolute atomic E-state index is 14.0. The van der Waals surface area contributed by atoms with Gasteiger partial charge in [0.1, 0.15) is 5.82 Å². The second-order valence-corrected chi connectivity index (χ2v) is 10.7. The highest BCUT2D eigenvalue weighted by atomic mass is 19.4. The van der Waals surface area contributed by atoms with Gasteiger partial charge in [-0.3, -0.25) is 14.5 Å². The number of pyridine rings is 2. The largest absolute Gasteiger partial charge is 0.524 e. The zero-order valence-corrected chi connectivity index (χ0v) is 23.1. The van der Waals surface area contributed by atoms with E-state index in [1.807, 2.05) is 61.5 Å². The van der Waals surface area contributed by atoms with E-state index in [2.05, 4.69) is 9.97 Å². The highest BCUT2D eigenvalue weighted by Crippen LogP contribution is 2.42. The number of nitrogens with zero attached hydrogens (tertiary/aromatic N) is 4. The van der Waals surface area contributed by atoms with Gasteiger partial charge in [-0.2, -0.15) is 0 Å². The van der Waals surface area contributed by atoms with E-state index in [0.29, 0.717) is 29.7 Å². The predicted octanol–water partition coefficient (Wildman–Crippen LogP) is 7.00. The third-order valence-corrected chi connectivity index (χ3v) is 7.63. The third-order valence-electron chi connectivity index (χ3n) is 7.63. The number of allylic oxidation sites excluding steroid dienone is 2. The van der Waals surface area contributed by atoms with Crippen LogP contribution in [0.2, 0.25) is 0 Å². The minimum absolute atomic E-state index is 0.0804. The molecule has 0 saturated heterocycles. The van der Waals surface area contributed by atoms with Crippen molar-refractivity contribution in [3.05, 3.63) is 96.3 Å². The van der Waals surface area contributed by atoms with Gasteiger partial charge in [-0.05, 0) is 53.8 Å². The lowest BCUT2D eigenvalue weighted by Crippen LogP contribution is -2.56. The summed E-state index contributed by atoms with van der Waals surface area (Å²) in [7, 11) is 3.81. The van der Waals surface area contributed by atoms with Crippen molar-refractivity contribution < 1.29 is 22.7 Å². The molecule has 214 valence electrons. The number of hydrogen-bond donors (Lipinski definition) is 0. The van der Waals surface area contributed by atoms with Crippen LogP contribution in [0.5, 0.6) is 0 Å². The maximum atomic E-state index is 14.0. The Labute approximate surface area is 238 Å². The Bertz CT molecular complexity index is 1400. The molecule has 0 bridgehead atoms. The molecule has 1 amide bonds. The number of halogens is 3. The van der Waals surface area contributed by atoms with Crippen LogP contribution >= 0.6 is 0 Å². The molecule has 1 aromatic carbocycles. The Kier molecular flexibility index (Phi) is 8.26. The number of carbonyl (C=O) groups excluding carboxylic acids is 1. The normalized spacial score (nSPS) is 19.2. The Hall–Kier alpha value is -3.98. The molecule has 1 saturated carbocycles. The summed E-state index contributed by atoms with van der Waals surface area (Å²) in [6.45, 7) is -0.0804. The molecule has 0 aliphatic heterocycles. The Morgan fingerprint density at radius 3 is 2.34 bits per heavy atom. The molecule has 41 heavy (non-hydrogen) atoms. The van der Waals surface area contributed by atoms with E-state index in [-0.39, 0.29) is 24.8 Å². The van der Waals surface area contributed by atoms with Gasteiger partial charge in [0.05, 0.1) is 12.2 Å². The summed E-state index contributed by atoms with van der Waals surface area (Å²) in [4.78, 5) is 26.1. The summed E-state index contributed by atoms with van der Waals surface area (Å²) in [6, 6.07) is 16.6. The lowest BCUT2D eigenvalue weighted by atomic mass is 9.89. The molecular weight excluding hydrogens is 529 g/mol. The number of rotatable bonds is 8. The number of aromatic nitrogens is 2. The fourth-order valence-electron chi connectivity index (χ4n) is 5.53. The molecule has 0 radical (unpaired) electrons. The zero-order valence-electron chi connectivity index (χ0n) is 23.1. The first kappa shape index (κ1) is 28.5. The number of carbonyl (C=O) groups is 1. The lowest BCUT2D eigenvalue weighted by Gasteiger charge is -2.44. The molecule has 0 N–H and O–H groups in total. The SMILES string of the molecule is CN(C)c1ccc(-c2ccc(CN(C(=O)C3CCCC3)C3(OC(F)(F)F)C=CC=C(c4ccccc4)C3)cn2)cn1. The van der Waals surface area contributed by atoms with E-state index in [1.165, 1.54) is 11.0 Å². The summed E-state index contributed by atoms with van der Waals surface area (Å²) < 4.78 is 47.0. The van der Waals surface area contributed by atoms with E-state index in [1.54, 1.807) is 36.7 Å². The molecule has 2 aromatic heterocycles. The number of alkyl halides is 3. The number of ether oxygens (including phenoxy) is 1. The molecule has 6 nitrogen and oxygen atoms in total. The molecule has 2 heterocycles. The number of anilines is 1. The van der Waals surface area contributed by atoms with E-state index >= 15 is 0 Å². The van der Waals surface area contributed by atoms with Crippen molar-refractivity contribution >= 4 is 17.3 Å². The first-order valence-electron chi connectivity index (χ1n) is 13.7. The molecular formula is C32H33F3N4O2. The average molecular weight is 563 g/mol. The summed E-state index contributed by atoms with van der Waals surface area (Å²) >= 11 is 0. The highest BCUT2D eigenvalue weighted by molar-refractivity contribution is 5.81. The lowest BCUT2D eigenvalue weighted by molar-refractivity contribution is -0.377. The predicted molar refractivity (Wildman–Crippen MR) is 152 cm³/mol. The fourth-order valence-corrected chi connectivity index (χ4v) is 5.53. The van der Waals surface area contributed by atoms with E-state index < -0.39 is 12.1 Å². The molecule has 1 unspecified atom stereocenters. The van der Waals surface area contributed by atoms with Crippen LogP contribution in [0.1, 0.15) is 43.2 Å². The van der Waals surface area contributed by atoms with Gasteiger partial charge in [0, 0.05) is 44.4 Å². The van der Waals surface area contributed by atoms with Gasteiger partial charge in [-0.1, -0.05) is 61.4 Å². The van der Waals surface area contributed by atoms with Gasteiger partial charge in [-0.25, -0.2) is 4.98 Å². The van der Waals surface area contributed by atoms with Crippen LogP contribution in [-0.2, 0) is 16.1 Å². The second-order valence-electron chi connectivity index (χ2n) is 10.7. The quantitative estimate of drug-likeness (QED) is 0.277. The molecule has 9 heteroatoms.